The SMILES string of the molecule is Cc1onc(-c2ccc(-c3ccc(C4CC4)cc3)cc2)c1NC(=O)OC(C)(C)C. The van der Waals surface area contributed by atoms with Crippen LogP contribution < -0.4 is 5.32 Å². The number of rotatable bonds is 4. The number of nitrogens with zero attached hydrogens (tertiary/aromatic N) is 1. The second-order valence-electron chi connectivity index (χ2n) is 8.56. The fraction of sp³-hybridized carbons (Fsp3) is 0.333. The molecule has 3 aromatic rings. The molecule has 0 bridgehead atoms. The van der Waals surface area contributed by atoms with Crippen molar-refractivity contribution in [2.45, 2.75) is 52.1 Å². The highest BCUT2D eigenvalue weighted by Gasteiger charge is 2.23. The van der Waals surface area contributed by atoms with Crippen LogP contribution >= 0.6 is 0 Å². The molecule has 0 atom stereocenters. The van der Waals surface area contributed by atoms with Crippen molar-refractivity contribution in [2.75, 3.05) is 5.32 Å². The molecule has 1 saturated carbocycles. The van der Waals surface area contributed by atoms with Crippen molar-refractivity contribution in [2.24, 2.45) is 0 Å². The molecule has 2 aromatic carbocycles. The molecule has 29 heavy (non-hydrogen) atoms. The van der Waals surface area contributed by atoms with Gasteiger partial charge in [-0.1, -0.05) is 53.7 Å². The summed E-state index contributed by atoms with van der Waals surface area (Å²) >= 11 is 0. The zero-order valence-corrected chi connectivity index (χ0v) is 17.3. The molecule has 5 heteroatoms. The zero-order chi connectivity index (χ0) is 20.6. The van der Waals surface area contributed by atoms with Crippen LogP contribution in [0.15, 0.2) is 53.1 Å². The van der Waals surface area contributed by atoms with Gasteiger partial charge in [0.1, 0.15) is 17.0 Å². The van der Waals surface area contributed by atoms with E-state index in [-0.39, 0.29) is 0 Å². The summed E-state index contributed by atoms with van der Waals surface area (Å²) in [5.74, 6) is 1.29. The lowest BCUT2D eigenvalue weighted by molar-refractivity contribution is 0.0635. The number of benzene rings is 2. The molecular weight excluding hydrogens is 364 g/mol. The highest BCUT2D eigenvalue weighted by molar-refractivity contribution is 5.91. The van der Waals surface area contributed by atoms with Gasteiger partial charge in [0.05, 0.1) is 0 Å². The number of amides is 1. The average molecular weight is 390 g/mol. The highest BCUT2D eigenvalue weighted by Crippen LogP contribution is 2.40. The summed E-state index contributed by atoms with van der Waals surface area (Å²) in [5.41, 5.74) is 5.16. The number of aryl methyl sites for hydroxylation is 1. The second-order valence-corrected chi connectivity index (χ2v) is 8.56. The lowest BCUT2D eigenvalue weighted by Crippen LogP contribution is -2.27. The molecule has 1 aliphatic rings. The van der Waals surface area contributed by atoms with Crippen LogP contribution in [0, 0.1) is 6.92 Å². The Balaban J connectivity index is 1.54. The Hall–Kier alpha value is -3.08. The number of carbonyl (C=O) groups excluding carboxylic acids is 1. The number of hydrogen-bond acceptors (Lipinski definition) is 4. The van der Waals surface area contributed by atoms with Crippen molar-refractivity contribution in [1.82, 2.24) is 5.16 Å². The Bertz CT molecular complexity index is 1010. The third kappa shape index (κ3) is 4.50. The standard InChI is InChI=1S/C24H26N2O3/c1-15-21(25-23(27)28-24(2,3)4)22(26-29-15)20-13-11-19(12-14-20)18-9-7-17(8-10-18)16-5-6-16/h7-14,16H,5-6H2,1-4H3,(H,25,27). The molecule has 5 nitrogen and oxygen atoms in total. The van der Waals surface area contributed by atoms with E-state index in [0.717, 1.165) is 17.0 Å². The van der Waals surface area contributed by atoms with Crippen molar-refractivity contribution in [1.29, 1.82) is 0 Å². The minimum absolute atomic E-state index is 0.529. The Labute approximate surface area is 171 Å². The van der Waals surface area contributed by atoms with Crippen LogP contribution in [-0.2, 0) is 4.74 Å². The third-order valence-corrected chi connectivity index (χ3v) is 4.94. The first kappa shape index (κ1) is 19.2. The molecule has 1 aliphatic carbocycles. The van der Waals surface area contributed by atoms with Crippen molar-refractivity contribution in [3.63, 3.8) is 0 Å². The first-order valence-electron chi connectivity index (χ1n) is 9.97. The minimum Gasteiger partial charge on any atom is -0.444 e. The molecule has 1 heterocycles. The summed E-state index contributed by atoms with van der Waals surface area (Å²) in [4.78, 5) is 12.2. The number of carbonyl (C=O) groups is 1. The van der Waals surface area contributed by atoms with Crippen LogP contribution in [0.5, 0.6) is 0 Å². The molecule has 1 amide bonds. The van der Waals surface area contributed by atoms with Crippen molar-refractivity contribution < 1.29 is 14.1 Å². The van der Waals surface area contributed by atoms with E-state index < -0.39 is 11.7 Å². The molecule has 0 radical (unpaired) electrons. The van der Waals surface area contributed by atoms with Gasteiger partial charge in [-0.3, -0.25) is 5.32 Å². The highest BCUT2D eigenvalue weighted by atomic mass is 16.6. The number of hydrogen-bond donors (Lipinski definition) is 1. The molecule has 150 valence electrons. The van der Waals surface area contributed by atoms with Gasteiger partial charge in [0, 0.05) is 5.56 Å². The van der Waals surface area contributed by atoms with Gasteiger partial charge in [-0.25, -0.2) is 4.79 Å². The van der Waals surface area contributed by atoms with Crippen molar-refractivity contribution in [3.8, 4) is 22.4 Å². The molecule has 1 N–H and O–H groups in total. The van der Waals surface area contributed by atoms with E-state index in [1.165, 1.54) is 24.0 Å². The molecule has 0 spiro atoms. The maximum atomic E-state index is 12.2. The van der Waals surface area contributed by atoms with E-state index in [0.29, 0.717) is 17.1 Å². The Morgan fingerprint density at radius 3 is 2.10 bits per heavy atom. The van der Waals surface area contributed by atoms with E-state index in [1.807, 2.05) is 32.9 Å². The van der Waals surface area contributed by atoms with Gasteiger partial charge in [0.2, 0.25) is 0 Å². The lowest BCUT2D eigenvalue weighted by Gasteiger charge is -2.19. The van der Waals surface area contributed by atoms with E-state index in [2.05, 4.69) is 46.9 Å². The van der Waals surface area contributed by atoms with E-state index >= 15 is 0 Å². The average Bonchev–Trinajstić information content (AvgIpc) is 3.46. The van der Waals surface area contributed by atoms with Gasteiger partial charge in [0.25, 0.3) is 0 Å². The predicted octanol–water partition coefficient (Wildman–Crippen LogP) is 6.54. The number of ether oxygens (including phenoxy) is 1. The van der Waals surface area contributed by atoms with Crippen LogP contribution in [0.3, 0.4) is 0 Å². The third-order valence-electron chi connectivity index (χ3n) is 4.94. The quantitative estimate of drug-likeness (QED) is 0.549. The summed E-state index contributed by atoms with van der Waals surface area (Å²) < 4.78 is 10.7. The molecule has 0 aliphatic heterocycles. The number of aromatic nitrogens is 1. The van der Waals surface area contributed by atoms with Crippen LogP contribution in [0.25, 0.3) is 22.4 Å². The fourth-order valence-corrected chi connectivity index (χ4v) is 3.31. The van der Waals surface area contributed by atoms with Gasteiger partial charge in [-0.15, -0.1) is 0 Å². The van der Waals surface area contributed by atoms with Gasteiger partial charge in [-0.2, -0.15) is 0 Å². The Morgan fingerprint density at radius 1 is 1.00 bits per heavy atom. The Kier molecular flexibility index (Phi) is 4.91. The summed E-state index contributed by atoms with van der Waals surface area (Å²) in [5, 5.41) is 6.90. The summed E-state index contributed by atoms with van der Waals surface area (Å²) in [7, 11) is 0. The van der Waals surface area contributed by atoms with Crippen LogP contribution in [0.1, 0.15) is 50.9 Å². The number of nitrogens with one attached hydrogen (secondary N) is 1. The molecule has 4 rings (SSSR count). The van der Waals surface area contributed by atoms with Gasteiger partial charge in [-0.05, 0) is 63.1 Å². The first-order chi connectivity index (χ1) is 13.8. The van der Waals surface area contributed by atoms with E-state index in [9.17, 15) is 4.79 Å². The zero-order valence-electron chi connectivity index (χ0n) is 17.3. The number of anilines is 1. The van der Waals surface area contributed by atoms with E-state index in [1.54, 1.807) is 6.92 Å². The largest absolute Gasteiger partial charge is 0.444 e. The lowest BCUT2D eigenvalue weighted by atomic mass is 10.00. The van der Waals surface area contributed by atoms with E-state index in [4.69, 9.17) is 9.26 Å². The molecular formula is C24H26N2O3. The predicted molar refractivity (Wildman–Crippen MR) is 114 cm³/mol. The fourth-order valence-electron chi connectivity index (χ4n) is 3.31. The summed E-state index contributed by atoms with van der Waals surface area (Å²) in [6.07, 6.45) is 2.09. The van der Waals surface area contributed by atoms with Gasteiger partial charge < -0.3 is 9.26 Å². The summed E-state index contributed by atoms with van der Waals surface area (Å²) in [6, 6.07) is 16.9. The minimum atomic E-state index is -0.577. The van der Waals surface area contributed by atoms with Crippen molar-refractivity contribution >= 4 is 11.8 Å². The van der Waals surface area contributed by atoms with Gasteiger partial charge in [0.15, 0.2) is 5.76 Å². The monoisotopic (exact) mass is 390 g/mol. The summed E-state index contributed by atoms with van der Waals surface area (Å²) in [6.45, 7) is 7.23. The van der Waals surface area contributed by atoms with Crippen LogP contribution in [0.4, 0.5) is 10.5 Å². The second kappa shape index (κ2) is 7.39. The molecule has 1 aromatic heterocycles. The Morgan fingerprint density at radius 2 is 1.55 bits per heavy atom. The van der Waals surface area contributed by atoms with Crippen LogP contribution in [-0.4, -0.2) is 16.9 Å². The molecule has 1 fully saturated rings. The van der Waals surface area contributed by atoms with Crippen LogP contribution in [0.2, 0.25) is 0 Å². The first-order valence-corrected chi connectivity index (χ1v) is 9.97. The normalized spacial score (nSPS) is 13.9. The molecule has 0 unspecified atom stereocenters. The maximum Gasteiger partial charge on any atom is 0.412 e. The molecule has 0 saturated heterocycles. The topological polar surface area (TPSA) is 64.4 Å². The van der Waals surface area contributed by atoms with Gasteiger partial charge >= 0.3 is 6.09 Å². The maximum absolute atomic E-state index is 12.2. The smallest absolute Gasteiger partial charge is 0.412 e. The van der Waals surface area contributed by atoms with Crippen molar-refractivity contribution in [3.05, 3.63) is 59.9 Å².